The first-order chi connectivity index (χ1) is 12.5. The Kier molecular flexibility index (Phi) is 3.45. The van der Waals surface area contributed by atoms with Gasteiger partial charge >= 0.3 is 0 Å². The normalized spacial score (nSPS) is 36.2. The van der Waals surface area contributed by atoms with Crippen LogP contribution < -0.4 is 4.90 Å². The molecule has 5 aliphatic rings. The molecule has 1 aromatic carbocycles. The standard InChI is InChI=1S/C20H19BrN2O3/c1-10(24)22(12-4-2-11(21)3-5-12)9-23-19(25)17-13-6-7-14(16-8-15(13)16)18(17)20(23)26/h2-7,13-18H,8-9H2,1H3. The van der Waals surface area contributed by atoms with E-state index in [4.69, 9.17) is 0 Å². The zero-order chi connectivity index (χ0) is 18.2. The summed E-state index contributed by atoms with van der Waals surface area (Å²) in [6, 6.07) is 7.31. The predicted molar refractivity (Wildman–Crippen MR) is 98.7 cm³/mol. The van der Waals surface area contributed by atoms with Gasteiger partial charge in [-0.15, -0.1) is 0 Å². The average Bonchev–Trinajstić information content (AvgIpc) is 3.40. The molecule has 1 heterocycles. The highest BCUT2D eigenvalue weighted by Crippen LogP contribution is 2.65. The van der Waals surface area contributed by atoms with Crippen molar-refractivity contribution < 1.29 is 14.4 Å². The van der Waals surface area contributed by atoms with E-state index in [-0.39, 0.29) is 48.1 Å². The van der Waals surface area contributed by atoms with Gasteiger partial charge in [-0.3, -0.25) is 24.2 Å². The first kappa shape index (κ1) is 16.2. The van der Waals surface area contributed by atoms with Crippen LogP contribution in [0.25, 0.3) is 0 Å². The van der Waals surface area contributed by atoms with Crippen molar-refractivity contribution in [1.29, 1.82) is 0 Å². The topological polar surface area (TPSA) is 57.7 Å². The minimum absolute atomic E-state index is 0.00357. The maximum atomic E-state index is 13.1. The number of halogens is 1. The maximum Gasteiger partial charge on any atom is 0.235 e. The van der Waals surface area contributed by atoms with Crippen molar-refractivity contribution in [1.82, 2.24) is 4.90 Å². The number of hydrogen-bond donors (Lipinski definition) is 0. The van der Waals surface area contributed by atoms with Crippen molar-refractivity contribution in [2.45, 2.75) is 13.3 Å². The summed E-state index contributed by atoms with van der Waals surface area (Å²) in [5.74, 6) is 0.731. The average molecular weight is 415 g/mol. The lowest BCUT2D eigenvalue weighted by molar-refractivity contribution is -0.140. The van der Waals surface area contributed by atoms with E-state index >= 15 is 0 Å². The van der Waals surface area contributed by atoms with Crippen molar-refractivity contribution in [3.8, 4) is 0 Å². The highest BCUT2D eigenvalue weighted by atomic mass is 79.9. The van der Waals surface area contributed by atoms with Crippen LogP contribution in [0.4, 0.5) is 5.69 Å². The fraction of sp³-hybridized carbons (Fsp3) is 0.450. The van der Waals surface area contributed by atoms with E-state index in [0.717, 1.165) is 10.9 Å². The zero-order valence-corrected chi connectivity index (χ0v) is 15.9. The van der Waals surface area contributed by atoms with Crippen LogP contribution >= 0.6 is 15.9 Å². The van der Waals surface area contributed by atoms with Gasteiger partial charge in [0.25, 0.3) is 0 Å². The summed E-state index contributed by atoms with van der Waals surface area (Å²) in [4.78, 5) is 41.2. The van der Waals surface area contributed by atoms with E-state index in [9.17, 15) is 14.4 Å². The minimum atomic E-state index is -0.222. The second-order valence-corrected chi connectivity index (χ2v) is 8.74. The summed E-state index contributed by atoms with van der Waals surface area (Å²) >= 11 is 3.38. The number of benzene rings is 1. The van der Waals surface area contributed by atoms with Crippen molar-refractivity contribution in [2.24, 2.45) is 35.5 Å². The molecule has 3 fully saturated rings. The predicted octanol–water partition coefficient (Wildman–Crippen LogP) is 2.81. The third-order valence-electron chi connectivity index (χ3n) is 6.56. The Bertz CT molecular complexity index is 813. The molecular formula is C20H19BrN2O3. The van der Waals surface area contributed by atoms with E-state index in [0.29, 0.717) is 17.5 Å². The van der Waals surface area contributed by atoms with Gasteiger partial charge in [-0.1, -0.05) is 28.1 Å². The Balaban J connectivity index is 1.44. The quantitative estimate of drug-likeness (QED) is 0.564. The molecule has 5 nitrogen and oxygen atoms in total. The van der Waals surface area contributed by atoms with Gasteiger partial charge in [0.2, 0.25) is 17.7 Å². The number of anilines is 1. The van der Waals surface area contributed by atoms with Crippen molar-refractivity contribution in [2.75, 3.05) is 11.6 Å². The Labute approximate surface area is 160 Å². The highest BCUT2D eigenvalue weighted by Gasteiger charge is 2.67. The van der Waals surface area contributed by atoms with E-state index in [1.54, 1.807) is 0 Å². The number of likely N-dealkylation sites (tertiary alicyclic amines) is 1. The lowest BCUT2D eigenvalue weighted by Gasteiger charge is -2.37. The van der Waals surface area contributed by atoms with Gasteiger partial charge in [0.1, 0.15) is 6.67 Å². The minimum Gasteiger partial charge on any atom is -0.294 e. The smallest absolute Gasteiger partial charge is 0.235 e. The molecule has 3 amide bonds. The summed E-state index contributed by atoms with van der Waals surface area (Å²) in [7, 11) is 0. The lowest BCUT2D eigenvalue weighted by Crippen LogP contribution is -2.44. The van der Waals surface area contributed by atoms with Gasteiger partial charge in [-0.05, 0) is 54.4 Å². The molecule has 134 valence electrons. The van der Waals surface area contributed by atoms with Gasteiger partial charge in [-0.25, -0.2) is 0 Å². The Morgan fingerprint density at radius 1 is 1.08 bits per heavy atom. The maximum absolute atomic E-state index is 13.1. The van der Waals surface area contributed by atoms with Crippen molar-refractivity contribution in [3.63, 3.8) is 0 Å². The molecular weight excluding hydrogens is 396 g/mol. The third-order valence-corrected chi connectivity index (χ3v) is 7.08. The SMILES string of the molecule is CC(=O)N(CN1C(=O)C2C3C=CC(C4CC34)C2C1=O)c1ccc(Br)cc1. The zero-order valence-electron chi connectivity index (χ0n) is 14.3. The van der Waals surface area contributed by atoms with Gasteiger partial charge < -0.3 is 0 Å². The number of allylic oxidation sites excluding steroid dienone is 2. The highest BCUT2D eigenvalue weighted by molar-refractivity contribution is 9.10. The summed E-state index contributed by atoms with van der Waals surface area (Å²) in [5.41, 5.74) is 0.681. The molecule has 6 atom stereocenters. The van der Waals surface area contributed by atoms with E-state index in [1.165, 1.54) is 16.7 Å². The number of rotatable bonds is 3. The molecule has 1 aromatic rings. The molecule has 4 aliphatic carbocycles. The largest absolute Gasteiger partial charge is 0.294 e. The summed E-state index contributed by atoms with van der Waals surface area (Å²) < 4.78 is 0.908. The summed E-state index contributed by atoms with van der Waals surface area (Å²) in [6.45, 7) is 1.46. The van der Waals surface area contributed by atoms with Crippen LogP contribution in [0, 0.1) is 35.5 Å². The van der Waals surface area contributed by atoms with Crippen LogP contribution in [-0.2, 0) is 14.4 Å². The fourth-order valence-corrected chi connectivity index (χ4v) is 5.55. The fourth-order valence-electron chi connectivity index (χ4n) is 5.28. The van der Waals surface area contributed by atoms with Crippen molar-refractivity contribution >= 4 is 39.3 Å². The van der Waals surface area contributed by atoms with Gasteiger partial charge in [0.15, 0.2) is 0 Å². The van der Waals surface area contributed by atoms with E-state index in [2.05, 4.69) is 28.1 Å². The van der Waals surface area contributed by atoms with Gasteiger partial charge in [-0.2, -0.15) is 0 Å². The second kappa shape index (κ2) is 5.52. The monoisotopic (exact) mass is 414 g/mol. The summed E-state index contributed by atoms with van der Waals surface area (Å²) in [5, 5.41) is 0. The molecule has 0 N–H and O–H groups in total. The molecule has 1 aliphatic heterocycles. The molecule has 6 unspecified atom stereocenters. The molecule has 6 heteroatoms. The van der Waals surface area contributed by atoms with Crippen LogP contribution in [0.1, 0.15) is 13.3 Å². The Hall–Kier alpha value is -1.95. The van der Waals surface area contributed by atoms with E-state index < -0.39 is 0 Å². The Morgan fingerprint density at radius 2 is 1.62 bits per heavy atom. The van der Waals surface area contributed by atoms with Crippen LogP contribution in [-0.4, -0.2) is 29.3 Å². The number of amides is 3. The molecule has 0 spiro atoms. The van der Waals surface area contributed by atoms with Crippen molar-refractivity contribution in [3.05, 3.63) is 40.9 Å². The first-order valence-electron chi connectivity index (χ1n) is 9.04. The van der Waals surface area contributed by atoms with Crippen LogP contribution in [0.15, 0.2) is 40.9 Å². The number of carbonyl (C=O) groups excluding carboxylic acids is 3. The first-order valence-corrected chi connectivity index (χ1v) is 9.84. The molecule has 6 rings (SSSR count). The molecule has 0 aromatic heterocycles. The molecule has 2 bridgehead atoms. The van der Waals surface area contributed by atoms with Crippen LogP contribution in [0.5, 0.6) is 0 Å². The molecule has 0 radical (unpaired) electrons. The lowest BCUT2D eigenvalue weighted by atomic mass is 9.63. The number of imide groups is 1. The third kappa shape index (κ3) is 2.17. The van der Waals surface area contributed by atoms with Gasteiger partial charge in [0.05, 0.1) is 11.8 Å². The van der Waals surface area contributed by atoms with Crippen LogP contribution in [0.2, 0.25) is 0 Å². The molecule has 26 heavy (non-hydrogen) atoms. The number of carbonyl (C=O) groups is 3. The molecule has 2 saturated carbocycles. The summed E-state index contributed by atoms with van der Waals surface area (Å²) in [6.07, 6.45) is 5.46. The Morgan fingerprint density at radius 3 is 2.12 bits per heavy atom. The van der Waals surface area contributed by atoms with E-state index in [1.807, 2.05) is 24.3 Å². The second-order valence-electron chi connectivity index (χ2n) is 7.82. The molecule has 1 saturated heterocycles. The number of hydrogen-bond acceptors (Lipinski definition) is 3. The van der Waals surface area contributed by atoms with Crippen LogP contribution in [0.3, 0.4) is 0 Å². The van der Waals surface area contributed by atoms with Gasteiger partial charge in [0, 0.05) is 17.1 Å². The number of nitrogens with zero attached hydrogens (tertiary/aromatic N) is 2.